The van der Waals surface area contributed by atoms with Crippen molar-refractivity contribution in [2.24, 2.45) is 4.99 Å². The van der Waals surface area contributed by atoms with E-state index in [2.05, 4.69) is 4.99 Å². The molecule has 2 aliphatic heterocycles. The maximum absolute atomic E-state index is 12.7. The highest BCUT2D eigenvalue weighted by molar-refractivity contribution is 5.98. The third-order valence-electron chi connectivity index (χ3n) is 4.93. The van der Waals surface area contributed by atoms with Crippen LogP contribution in [0.15, 0.2) is 59.6 Å². The van der Waals surface area contributed by atoms with Gasteiger partial charge in [-0.2, -0.15) is 4.99 Å². The number of esters is 1. The number of ether oxygens (including phenoxy) is 2. The molecule has 7 heteroatoms. The Morgan fingerprint density at radius 2 is 1.46 bits per heavy atom. The number of aliphatic imine (C=N–C) groups is 1. The minimum Gasteiger partial charge on any atom is -0.508 e. The van der Waals surface area contributed by atoms with Gasteiger partial charge in [-0.25, -0.2) is 9.59 Å². The molecule has 136 valence electrons. The highest BCUT2D eigenvalue weighted by Crippen LogP contribution is 2.57. The predicted molar refractivity (Wildman–Crippen MR) is 95.8 cm³/mol. The molecule has 7 nitrogen and oxygen atoms in total. The molecule has 2 N–H and O–H groups in total. The second-order valence-electron chi connectivity index (χ2n) is 6.47. The van der Waals surface area contributed by atoms with Crippen molar-refractivity contribution in [1.29, 1.82) is 0 Å². The number of aromatic hydroxyl groups is 2. The molecule has 1 spiro atoms. The van der Waals surface area contributed by atoms with Crippen LogP contribution < -0.4 is 4.74 Å². The molecule has 0 radical (unpaired) electrons. The quantitative estimate of drug-likeness (QED) is 0.383. The zero-order chi connectivity index (χ0) is 19.5. The fourth-order valence-electron chi connectivity index (χ4n) is 3.82. The number of hydrogen-bond acceptors (Lipinski definition) is 7. The topological polar surface area (TPSA) is 105 Å². The first-order chi connectivity index (χ1) is 13.5. The van der Waals surface area contributed by atoms with E-state index in [1.165, 1.54) is 36.4 Å². The molecule has 0 amide bonds. The molecule has 0 aromatic heterocycles. The molecule has 3 aromatic carbocycles. The average Bonchev–Trinajstić information content (AvgIpc) is 2.94. The monoisotopic (exact) mass is 373 g/mol. The van der Waals surface area contributed by atoms with Crippen LogP contribution in [0.3, 0.4) is 0 Å². The van der Waals surface area contributed by atoms with Crippen LogP contribution in [-0.4, -0.2) is 22.3 Å². The summed E-state index contributed by atoms with van der Waals surface area (Å²) >= 11 is 0. The lowest BCUT2D eigenvalue weighted by Crippen LogP contribution is -2.32. The lowest BCUT2D eigenvalue weighted by Gasteiger charge is -2.36. The fourth-order valence-corrected chi connectivity index (χ4v) is 3.82. The van der Waals surface area contributed by atoms with Crippen LogP contribution in [0.25, 0.3) is 0 Å². The summed E-state index contributed by atoms with van der Waals surface area (Å²) in [7, 11) is 0. The molecule has 0 unspecified atom stereocenters. The van der Waals surface area contributed by atoms with Crippen LogP contribution in [0.4, 0.5) is 5.69 Å². The van der Waals surface area contributed by atoms with E-state index < -0.39 is 11.6 Å². The van der Waals surface area contributed by atoms with Crippen molar-refractivity contribution in [1.82, 2.24) is 0 Å². The number of hydrogen-bond donors (Lipinski definition) is 2. The molecule has 0 atom stereocenters. The lowest BCUT2D eigenvalue weighted by molar-refractivity contribution is 0.0224. The van der Waals surface area contributed by atoms with Gasteiger partial charge < -0.3 is 19.7 Å². The highest BCUT2D eigenvalue weighted by Gasteiger charge is 2.53. The van der Waals surface area contributed by atoms with E-state index >= 15 is 0 Å². The second-order valence-corrected chi connectivity index (χ2v) is 6.47. The first kappa shape index (κ1) is 16.1. The van der Waals surface area contributed by atoms with E-state index in [0.29, 0.717) is 28.2 Å². The molecule has 0 saturated heterocycles. The summed E-state index contributed by atoms with van der Waals surface area (Å²) < 4.78 is 11.8. The van der Waals surface area contributed by atoms with Gasteiger partial charge >= 0.3 is 5.97 Å². The van der Waals surface area contributed by atoms with Gasteiger partial charge in [0, 0.05) is 28.8 Å². The smallest absolute Gasteiger partial charge is 0.340 e. The number of rotatable bonds is 1. The standard InChI is InChI=1S/C21H11NO6/c23-10-22-11-1-4-15-14(7-11)20(26)28-21(15)16-5-2-12(24)8-18(16)27-19-9-13(25)3-6-17(19)21/h1-9,24-25H. The summed E-state index contributed by atoms with van der Waals surface area (Å²) in [6, 6.07) is 13.8. The van der Waals surface area contributed by atoms with Gasteiger partial charge in [0.2, 0.25) is 6.08 Å². The summed E-state index contributed by atoms with van der Waals surface area (Å²) in [6.07, 6.45) is 1.45. The van der Waals surface area contributed by atoms with Crippen LogP contribution >= 0.6 is 0 Å². The minimum absolute atomic E-state index is 0.0160. The molecule has 0 saturated carbocycles. The number of carbonyl (C=O) groups excluding carboxylic acids is 2. The summed E-state index contributed by atoms with van der Waals surface area (Å²) in [5.41, 5.74) is 0.831. The second kappa shape index (κ2) is 5.45. The summed E-state index contributed by atoms with van der Waals surface area (Å²) in [6.45, 7) is 0. The fraction of sp³-hybridized carbons (Fsp3) is 0.0476. The van der Waals surface area contributed by atoms with Crippen molar-refractivity contribution in [2.45, 2.75) is 5.60 Å². The van der Waals surface area contributed by atoms with Gasteiger partial charge in [0.1, 0.15) is 23.0 Å². The van der Waals surface area contributed by atoms with Crippen molar-refractivity contribution in [2.75, 3.05) is 0 Å². The molecule has 0 bridgehead atoms. The van der Waals surface area contributed by atoms with E-state index in [-0.39, 0.29) is 22.7 Å². The zero-order valence-electron chi connectivity index (χ0n) is 14.2. The molecule has 5 rings (SSSR count). The van der Waals surface area contributed by atoms with E-state index in [9.17, 15) is 19.8 Å². The summed E-state index contributed by atoms with van der Waals surface area (Å²) in [5, 5.41) is 19.8. The van der Waals surface area contributed by atoms with Crippen LogP contribution in [0.5, 0.6) is 23.0 Å². The van der Waals surface area contributed by atoms with Crippen molar-refractivity contribution in [3.63, 3.8) is 0 Å². The molecule has 28 heavy (non-hydrogen) atoms. The largest absolute Gasteiger partial charge is 0.508 e. The molecular weight excluding hydrogens is 362 g/mol. The number of benzene rings is 3. The molecular formula is C21H11NO6. The lowest BCUT2D eigenvalue weighted by atomic mass is 9.77. The van der Waals surface area contributed by atoms with Crippen LogP contribution in [0, 0.1) is 0 Å². The number of phenols is 2. The first-order valence-electron chi connectivity index (χ1n) is 8.33. The van der Waals surface area contributed by atoms with E-state index in [4.69, 9.17) is 9.47 Å². The van der Waals surface area contributed by atoms with Gasteiger partial charge in [-0.15, -0.1) is 0 Å². The molecule has 0 fully saturated rings. The van der Waals surface area contributed by atoms with E-state index in [0.717, 1.165) is 0 Å². The number of nitrogens with zero attached hydrogens (tertiary/aromatic N) is 1. The van der Waals surface area contributed by atoms with Gasteiger partial charge in [0.25, 0.3) is 0 Å². The predicted octanol–water partition coefficient (Wildman–Crippen LogP) is 3.63. The van der Waals surface area contributed by atoms with Crippen LogP contribution in [0.1, 0.15) is 27.0 Å². The Bertz CT molecular complexity index is 1170. The normalized spacial score (nSPS) is 14.9. The highest BCUT2D eigenvalue weighted by atomic mass is 16.6. The maximum atomic E-state index is 12.7. The third-order valence-corrected chi connectivity index (χ3v) is 4.93. The molecule has 2 heterocycles. The summed E-state index contributed by atoms with van der Waals surface area (Å²) in [5.74, 6) is -0.0178. The van der Waals surface area contributed by atoms with Gasteiger partial charge in [0.15, 0.2) is 5.60 Å². The Morgan fingerprint density at radius 3 is 2.07 bits per heavy atom. The van der Waals surface area contributed by atoms with Gasteiger partial charge in [-0.05, 0) is 36.4 Å². The van der Waals surface area contributed by atoms with Crippen molar-refractivity contribution < 1.29 is 29.3 Å². The molecule has 3 aromatic rings. The number of carbonyl (C=O) groups is 1. The van der Waals surface area contributed by atoms with Crippen molar-refractivity contribution >= 4 is 17.7 Å². The average molecular weight is 373 g/mol. The van der Waals surface area contributed by atoms with Gasteiger partial charge in [0.05, 0.1) is 11.3 Å². The van der Waals surface area contributed by atoms with Crippen molar-refractivity contribution in [3.05, 3.63) is 76.9 Å². The number of fused-ring (bicyclic) bond motifs is 6. The van der Waals surface area contributed by atoms with Gasteiger partial charge in [-0.3, -0.25) is 0 Å². The molecule has 2 aliphatic rings. The Kier molecular flexibility index (Phi) is 3.14. The Balaban J connectivity index is 1.86. The third kappa shape index (κ3) is 2.02. The Labute approximate surface area is 158 Å². The van der Waals surface area contributed by atoms with E-state index in [1.54, 1.807) is 24.3 Å². The van der Waals surface area contributed by atoms with Crippen LogP contribution in [0.2, 0.25) is 0 Å². The Hall–Kier alpha value is -4.09. The Morgan fingerprint density at radius 1 is 0.857 bits per heavy atom. The maximum Gasteiger partial charge on any atom is 0.340 e. The number of isocyanates is 1. The minimum atomic E-state index is -1.32. The number of phenolic OH excluding ortho intramolecular Hbond substituents is 2. The van der Waals surface area contributed by atoms with E-state index in [1.807, 2.05) is 0 Å². The summed E-state index contributed by atoms with van der Waals surface area (Å²) in [4.78, 5) is 26.9. The molecule has 0 aliphatic carbocycles. The zero-order valence-corrected chi connectivity index (χ0v) is 14.2. The van der Waals surface area contributed by atoms with Crippen LogP contribution in [-0.2, 0) is 15.1 Å². The SMILES string of the molecule is O=C=Nc1ccc2c(c1)C(=O)OC21c2ccc(O)cc2Oc2cc(O)ccc21. The van der Waals surface area contributed by atoms with Crippen molar-refractivity contribution in [3.8, 4) is 23.0 Å². The first-order valence-corrected chi connectivity index (χ1v) is 8.33. The van der Waals surface area contributed by atoms with Gasteiger partial charge in [-0.1, -0.05) is 6.07 Å².